The maximum Gasteiger partial charge on any atom is 0.126 e. The molecule has 0 aliphatic rings. The van der Waals surface area contributed by atoms with Gasteiger partial charge >= 0.3 is 0 Å². The van der Waals surface area contributed by atoms with Gasteiger partial charge in [-0.25, -0.2) is 8.78 Å². The fraction of sp³-hybridized carbons (Fsp3) is 0.571. The van der Waals surface area contributed by atoms with Gasteiger partial charge in [-0.15, -0.1) is 0 Å². The van der Waals surface area contributed by atoms with Crippen molar-refractivity contribution in [3.05, 3.63) is 35.4 Å². The maximum absolute atomic E-state index is 13.1. The Hall–Kier alpha value is -1.00. The molecule has 2 unspecified atom stereocenters. The van der Waals surface area contributed by atoms with E-state index in [-0.39, 0.29) is 18.7 Å². The number of hydrogen-bond acceptors (Lipinski definition) is 2. The van der Waals surface area contributed by atoms with Gasteiger partial charge in [-0.05, 0) is 37.0 Å². The highest BCUT2D eigenvalue weighted by atomic mass is 19.1. The summed E-state index contributed by atoms with van der Waals surface area (Å²) < 4.78 is 26.2. The molecule has 2 nitrogen and oxygen atoms in total. The molecule has 102 valence electrons. The van der Waals surface area contributed by atoms with Crippen molar-refractivity contribution in [2.75, 3.05) is 6.61 Å². The van der Waals surface area contributed by atoms with Crippen molar-refractivity contribution in [2.24, 2.45) is 5.92 Å². The number of rotatable bonds is 6. The number of halogens is 2. The number of nitrogens with one attached hydrogen (secondary N) is 1. The first-order chi connectivity index (χ1) is 8.42. The lowest BCUT2D eigenvalue weighted by Crippen LogP contribution is -2.35. The van der Waals surface area contributed by atoms with E-state index in [1.54, 1.807) is 0 Å². The summed E-state index contributed by atoms with van der Waals surface area (Å²) in [7, 11) is 0. The van der Waals surface area contributed by atoms with Crippen LogP contribution in [-0.4, -0.2) is 17.8 Å². The molecule has 0 aliphatic heterocycles. The van der Waals surface area contributed by atoms with E-state index in [9.17, 15) is 13.9 Å². The second-order valence-electron chi connectivity index (χ2n) is 5.10. The first kappa shape index (κ1) is 15.1. The summed E-state index contributed by atoms with van der Waals surface area (Å²) in [5.41, 5.74) is 0.551. The Labute approximate surface area is 107 Å². The maximum atomic E-state index is 13.1. The minimum atomic E-state index is -0.581. The fourth-order valence-corrected chi connectivity index (χ4v) is 2.04. The molecule has 1 rings (SSSR count). The normalized spacial score (nSPS) is 14.8. The van der Waals surface area contributed by atoms with Crippen LogP contribution in [0.1, 0.15) is 38.8 Å². The van der Waals surface area contributed by atoms with Gasteiger partial charge in [-0.2, -0.15) is 0 Å². The average molecular weight is 257 g/mol. The quantitative estimate of drug-likeness (QED) is 0.821. The van der Waals surface area contributed by atoms with Crippen molar-refractivity contribution in [1.82, 2.24) is 5.32 Å². The Morgan fingerprint density at radius 1 is 1.11 bits per heavy atom. The molecule has 1 aromatic rings. The lowest BCUT2D eigenvalue weighted by molar-refractivity contribution is 0.215. The lowest BCUT2D eigenvalue weighted by atomic mass is 10.0. The van der Waals surface area contributed by atoms with Crippen molar-refractivity contribution in [3.63, 3.8) is 0 Å². The number of hydrogen-bond donors (Lipinski definition) is 2. The Morgan fingerprint density at radius 3 is 2.11 bits per heavy atom. The highest BCUT2D eigenvalue weighted by Gasteiger charge is 2.15. The van der Waals surface area contributed by atoms with Crippen LogP contribution in [0, 0.1) is 17.6 Å². The largest absolute Gasteiger partial charge is 0.395 e. The molecule has 2 atom stereocenters. The second kappa shape index (κ2) is 6.81. The minimum Gasteiger partial charge on any atom is -0.395 e. The Kier molecular flexibility index (Phi) is 5.69. The zero-order valence-electron chi connectivity index (χ0n) is 11.1. The standard InChI is InChI=1S/C14H21F2NO/c1-9(2)4-14(8-18)17-10(3)11-5-12(15)7-13(16)6-11/h5-7,9-10,14,17-18H,4,8H2,1-3H3. The molecule has 0 spiro atoms. The van der Waals surface area contributed by atoms with Crippen molar-refractivity contribution in [1.29, 1.82) is 0 Å². The van der Waals surface area contributed by atoms with E-state index in [0.717, 1.165) is 12.5 Å². The molecule has 0 fully saturated rings. The number of aliphatic hydroxyl groups is 1. The summed E-state index contributed by atoms with van der Waals surface area (Å²) in [5, 5.41) is 12.5. The Balaban J connectivity index is 2.71. The molecule has 0 saturated carbocycles. The van der Waals surface area contributed by atoms with E-state index in [1.165, 1.54) is 12.1 Å². The molecule has 18 heavy (non-hydrogen) atoms. The zero-order valence-corrected chi connectivity index (χ0v) is 11.1. The molecule has 0 saturated heterocycles. The van der Waals surface area contributed by atoms with Gasteiger partial charge in [0, 0.05) is 18.2 Å². The van der Waals surface area contributed by atoms with E-state index in [2.05, 4.69) is 19.2 Å². The van der Waals surface area contributed by atoms with E-state index in [1.807, 2.05) is 6.92 Å². The van der Waals surface area contributed by atoms with Crippen LogP contribution in [0.25, 0.3) is 0 Å². The highest BCUT2D eigenvalue weighted by Crippen LogP contribution is 2.17. The summed E-state index contributed by atoms with van der Waals surface area (Å²) >= 11 is 0. The molecule has 0 bridgehead atoms. The molecule has 0 aliphatic carbocycles. The molecule has 0 heterocycles. The molecule has 4 heteroatoms. The summed E-state index contributed by atoms with van der Waals surface area (Å²) in [4.78, 5) is 0. The Bertz CT molecular complexity index is 362. The van der Waals surface area contributed by atoms with Crippen LogP contribution in [0.4, 0.5) is 8.78 Å². The predicted molar refractivity (Wildman–Crippen MR) is 68.2 cm³/mol. The van der Waals surface area contributed by atoms with Crippen molar-refractivity contribution in [2.45, 2.75) is 39.3 Å². The molecule has 2 N–H and O–H groups in total. The third-order valence-corrected chi connectivity index (χ3v) is 2.85. The summed E-state index contributed by atoms with van der Waals surface area (Å²) in [6.45, 7) is 5.98. The van der Waals surface area contributed by atoms with E-state index in [0.29, 0.717) is 11.5 Å². The van der Waals surface area contributed by atoms with Gasteiger partial charge < -0.3 is 10.4 Å². The van der Waals surface area contributed by atoms with Crippen molar-refractivity contribution < 1.29 is 13.9 Å². The minimum absolute atomic E-state index is 0.0142. The molecule has 1 aromatic carbocycles. The fourth-order valence-electron chi connectivity index (χ4n) is 2.04. The predicted octanol–water partition coefficient (Wildman–Crippen LogP) is 3.02. The SMILES string of the molecule is CC(C)CC(CO)NC(C)c1cc(F)cc(F)c1. The van der Waals surface area contributed by atoms with Crippen LogP contribution < -0.4 is 5.32 Å². The van der Waals surface area contributed by atoms with Gasteiger partial charge in [0.25, 0.3) is 0 Å². The van der Waals surface area contributed by atoms with Crippen LogP contribution in [0.15, 0.2) is 18.2 Å². The average Bonchev–Trinajstić information content (AvgIpc) is 2.26. The third-order valence-electron chi connectivity index (χ3n) is 2.85. The van der Waals surface area contributed by atoms with E-state index in [4.69, 9.17) is 0 Å². The molecular weight excluding hydrogens is 236 g/mol. The first-order valence-corrected chi connectivity index (χ1v) is 6.25. The van der Waals surface area contributed by atoms with Crippen molar-refractivity contribution >= 4 is 0 Å². The first-order valence-electron chi connectivity index (χ1n) is 6.25. The smallest absolute Gasteiger partial charge is 0.126 e. The van der Waals surface area contributed by atoms with Crippen LogP contribution in [0.2, 0.25) is 0 Å². The monoisotopic (exact) mass is 257 g/mol. The summed E-state index contributed by atoms with van der Waals surface area (Å²) in [6.07, 6.45) is 0.818. The van der Waals surface area contributed by atoms with Gasteiger partial charge in [0.05, 0.1) is 6.61 Å². The lowest BCUT2D eigenvalue weighted by Gasteiger charge is -2.23. The van der Waals surface area contributed by atoms with Crippen LogP contribution in [0.3, 0.4) is 0 Å². The van der Waals surface area contributed by atoms with E-state index >= 15 is 0 Å². The number of aliphatic hydroxyl groups excluding tert-OH is 1. The van der Waals surface area contributed by atoms with Gasteiger partial charge in [0.2, 0.25) is 0 Å². The molecule has 0 radical (unpaired) electrons. The zero-order chi connectivity index (χ0) is 13.7. The number of benzene rings is 1. The summed E-state index contributed by atoms with van der Waals surface area (Å²) in [6, 6.07) is 3.21. The van der Waals surface area contributed by atoms with Crippen molar-refractivity contribution in [3.8, 4) is 0 Å². The topological polar surface area (TPSA) is 32.3 Å². The van der Waals surface area contributed by atoms with Crippen LogP contribution in [-0.2, 0) is 0 Å². The third kappa shape index (κ3) is 4.70. The molecule has 0 aromatic heterocycles. The molecular formula is C14H21F2NO. The van der Waals surface area contributed by atoms with Gasteiger partial charge in [-0.1, -0.05) is 13.8 Å². The van der Waals surface area contributed by atoms with Crippen LogP contribution in [0.5, 0.6) is 0 Å². The summed E-state index contributed by atoms with van der Waals surface area (Å²) in [5.74, 6) is -0.711. The van der Waals surface area contributed by atoms with Crippen LogP contribution >= 0.6 is 0 Å². The van der Waals surface area contributed by atoms with Gasteiger partial charge in [-0.3, -0.25) is 0 Å². The highest BCUT2D eigenvalue weighted by molar-refractivity contribution is 5.21. The second-order valence-corrected chi connectivity index (χ2v) is 5.10. The van der Waals surface area contributed by atoms with Gasteiger partial charge in [0.15, 0.2) is 0 Å². The molecule has 0 amide bonds. The van der Waals surface area contributed by atoms with E-state index < -0.39 is 11.6 Å². The Morgan fingerprint density at radius 2 is 1.67 bits per heavy atom. The van der Waals surface area contributed by atoms with Gasteiger partial charge in [0.1, 0.15) is 11.6 Å².